The molecule has 0 fully saturated rings. The van der Waals surface area contributed by atoms with Gasteiger partial charge in [-0.15, -0.1) is 0 Å². The first-order valence-corrected chi connectivity index (χ1v) is 10.0. The molecule has 0 bridgehead atoms. The third-order valence-electron chi connectivity index (χ3n) is 3.36. The Labute approximate surface area is 158 Å². The first kappa shape index (κ1) is 19.6. The molecule has 2 aromatic rings. The van der Waals surface area contributed by atoms with E-state index in [2.05, 4.69) is 27.9 Å². The normalized spacial score (nSPS) is 12.5. The Morgan fingerprint density at radius 3 is 2.24 bits per heavy atom. The Hall–Kier alpha value is -1.75. The van der Waals surface area contributed by atoms with E-state index in [4.69, 9.17) is 0 Å². The minimum absolute atomic E-state index is 0.133. The lowest BCUT2D eigenvalue weighted by Gasteiger charge is -2.28. The second-order valence-corrected chi connectivity index (χ2v) is 8.43. The summed E-state index contributed by atoms with van der Waals surface area (Å²) in [7, 11) is -3.91. The van der Waals surface area contributed by atoms with Crippen LogP contribution >= 0.6 is 22.6 Å². The molecule has 0 aliphatic heterocycles. The summed E-state index contributed by atoms with van der Waals surface area (Å²) in [5, 5.41) is 2.60. The van der Waals surface area contributed by atoms with Crippen LogP contribution < -0.4 is 9.62 Å². The summed E-state index contributed by atoms with van der Waals surface area (Å²) in [6.07, 6.45) is 0.892. The molecule has 0 aliphatic rings. The number of anilines is 2. The lowest BCUT2D eigenvalue weighted by Crippen LogP contribution is -2.45. The van der Waals surface area contributed by atoms with Gasteiger partial charge in [0.1, 0.15) is 6.04 Å². The van der Waals surface area contributed by atoms with E-state index in [0.29, 0.717) is 5.69 Å². The summed E-state index contributed by atoms with van der Waals surface area (Å²) in [5.41, 5.74) is 0.364. The quantitative estimate of drug-likeness (QED) is 0.668. The Bertz CT molecular complexity index is 889. The number of benzene rings is 2. The number of rotatable bonds is 5. The highest BCUT2D eigenvalue weighted by Crippen LogP contribution is 2.24. The summed E-state index contributed by atoms with van der Waals surface area (Å²) >= 11 is 2.11. The van der Waals surface area contributed by atoms with Gasteiger partial charge in [-0.2, -0.15) is 0 Å². The number of halogens is 3. The molecular formula is C16H15F2IN2O3S. The minimum Gasteiger partial charge on any atom is -0.324 e. The molecule has 1 amide bonds. The van der Waals surface area contributed by atoms with E-state index in [1.165, 1.54) is 6.92 Å². The fourth-order valence-corrected chi connectivity index (χ4v) is 3.74. The molecule has 0 aliphatic carbocycles. The van der Waals surface area contributed by atoms with Crippen molar-refractivity contribution in [2.75, 3.05) is 15.9 Å². The fourth-order valence-electron chi connectivity index (χ4n) is 2.21. The van der Waals surface area contributed by atoms with Crippen LogP contribution in [0.5, 0.6) is 0 Å². The summed E-state index contributed by atoms with van der Waals surface area (Å²) in [6.45, 7) is 1.37. The molecule has 134 valence electrons. The van der Waals surface area contributed by atoms with E-state index < -0.39 is 33.6 Å². The highest BCUT2D eigenvalue weighted by Gasteiger charge is 2.29. The lowest BCUT2D eigenvalue weighted by molar-refractivity contribution is -0.116. The zero-order chi connectivity index (χ0) is 18.8. The predicted molar refractivity (Wildman–Crippen MR) is 101 cm³/mol. The molecule has 2 aromatic carbocycles. The molecule has 0 aromatic heterocycles. The molecule has 0 saturated carbocycles. The van der Waals surface area contributed by atoms with Crippen LogP contribution in [0.3, 0.4) is 0 Å². The van der Waals surface area contributed by atoms with Gasteiger partial charge in [0.25, 0.3) is 0 Å². The number of carbonyl (C=O) groups excluding carboxylic acids is 1. The number of sulfonamides is 1. The third-order valence-corrected chi connectivity index (χ3v) is 5.32. The van der Waals surface area contributed by atoms with Gasteiger partial charge < -0.3 is 5.32 Å². The Balaban J connectivity index is 2.32. The molecule has 1 N–H and O–H groups in total. The second kappa shape index (κ2) is 7.65. The molecule has 5 nitrogen and oxygen atoms in total. The SMILES string of the molecule is CC(C(=O)Nc1ccc(I)cc1)N(c1ccc(F)c(F)c1)S(C)(=O)=O. The number of hydrogen-bond acceptors (Lipinski definition) is 3. The van der Waals surface area contributed by atoms with Gasteiger partial charge in [0, 0.05) is 15.3 Å². The first-order chi connectivity index (χ1) is 11.6. The van der Waals surface area contributed by atoms with Gasteiger partial charge >= 0.3 is 0 Å². The Morgan fingerprint density at radius 2 is 1.72 bits per heavy atom. The molecule has 1 unspecified atom stereocenters. The summed E-state index contributed by atoms with van der Waals surface area (Å²) in [5.74, 6) is -2.90. The molecule has 9 heteroatoms. The second-order valence-electron chi connectivity index (χ2n) is 5.33. The van der Waals surface area contributed by atoms with Crippen molar-refractivity contribution >= 4 is 49.9 Å². The Kier molecular flexibility index (Phi) is 5.99. The lowest BCUT2D eigenvalue weighted by atomic mass is 10.2. The van der Waals surface area contributed by atoms with Crippen LogP contribution in [0.4, 0.5) is 20.2 Å². The van der Waals surface area contributed by atoms with Crippen LogP contribution in [0.2, 0.25) is 0 Å². The van der Waals surface area contributed by atoms with E-state index >= 15 is 0 Å². The van der Waals surface area contributed by atoms with Gasteiger partial charge in [-0.3, -0.25) is 9.10 Å². The van der Waals surface area contributed by atoms with Crippen LogP contribution in [0.15, 0.2) is 42.5 Å². The zero-order valence-corrected chi connectivity index (χ0v) is 16.3. The van der Waals surface area contributed by atoms with E-state index in [1.54, 1.807) is 24.3 Å². The maximum absolute atomic E-state index is 13.5. The van der Waals surface area contributed by atoms with Crippen molar-refractivity contribution in [3.8, 4) is 0 Å². The van der Waals surface area contributed by atoms with Crippen LogP contribution in [0.25, 0.3) is 0 Å². The smallest absolute Gasteiger partial charge is 0.247 e. The fraction of sp³-hybridized carbons (Fsp3) is 0.188. The first-order valence-electron chi connectivity index (χ1n) is 7.10. The number of amides is 1. The van der Waals surface area contributed by atoms with Crippen molar-refractivity contribution in [2.24, 2.45) is 0 Å². The van der Waals surface area contributed by atoms with E-state index in [0.717, 1.165) is 32.3 Å². The van der Waals surface area contributed by atoms with Crippen LogP contribution in [-0.2, 0) is 14.8 Å². The minimum atomic E-state index is -3.91. The van der Waals surface area contributed by atoms with Crippen LogP contribution in [0, 0.1) is 15.2 Å². The third kappa shape index (κ3) is 4.88. The van der Waals surface area contributed by atoms with Gasteiger partial charge in [-0.05, 0) is 65.9 Å². The van der Waals surface area contributed by atoms with Crippen molar-refractivity contribution in [3.63, 3.8) is 0 Å². The van der Waals surface area contributed by atoms with Gasteiger partial charge in [0.2, 0.25) is 15.9 Å². The zero-order valence-electron chi connectivity index (χ0n) is 13.3. The number of nitrogens with one attached hydrogen (secondary N) is 1. The largest absolute Gasteiger partial charge is 0.324 e. The summed E-state index contributed by atoms with van der Waals surface area (Å²) in [4.78, 5) is 12.4. The van der Waals surface area contributed by atoms with Crippen molar-refractivity contribution in [1.82, 2.24) is 0 Å². The standard InChI is InChI=1S/C16H15F2IN2O3S/c1-10(16(22)20-12-5-3-11(19)4-6-12)21(25(2,23)24)13-7-8-14(17)15(18)9-13/h3-10H,1-2H3,(H,20,22). The van der Waals surface area contributed by atoms with Gasteiger partial charge in [0.15, 0.2) is 11.6 Å². The molecule has 0 saturated heterocycles. The molecule has 0 spiro atoms. The van der Waals surface area contributed by atoms with Gasteiger partial charge in [-0.25, -0.2) is 17.2 Å². The molecular weight excluding hydrogens is 465 g/mol. The number of nitrogens with zero attached hydrogens (tertiary/aromatic N) is 1. The number of carbonyl (C=O) groups is 1. The van der Waals surface area contributed by atoms with E-state index in [-0.39, 0.29) is 5.69 Å². The van der Waals surface area contributed by atoms with E-state index in [1.807, 2.05) is 0 Å². The van der Waals surface area contributed by atoms with Gasteiger partial charge in [0.05, 0.1) is 11.9 Å². The highest BCUT2D eigenvalue weighted by molar-refractivity contribution is 14.1. The monoisotopic (exact) mass is 480 g/mol. The van der Waals surface area contributed by atoms with E-state index in [9.17, 15) is 22.0 Å². The topological polar surface area (TPSA) is 66.5 Å². The van der Waals surface area contributed by atoms with Crippen LogP contribution in [-0.4, -0.2) is 26.6 Å². The predicted octanol–water partition coefficient (Wildman–Crippen LogP) is 3.36. The van der Waals surface area contributed by atoms with Gasteiger partial charge in [-0.1, -0.05) is 0 Å². The Morgan fingerprint density at radius 1 is 1.12 bits per heavy atom. The van der Waals surface area contributed by atoms with Crippen LogP contribution in [0.1, 0.15) is 6.92 Å². The van der Waals surface area contributed by atoms with Crippen molar-refractivity contribution in [1.29, 1.82) is 0 Å². The number of hydrogen-bond donors (Lipinski definition) is 1. The maximum Gasteiger partial charge on any atom is 0.247 e. The highest BCUT2D eigenvalue weighted by atomic mass is 127. The average molecular weight is 480 g/mol. The molecule has 25 heavy (non-hydrogen) atoms. The summed E-state index contributed by atoms with van der Waals surface area (Å²) < 4.78 is 52.5. The maximum atomic E-state index is 13.5. The van der Waals surface area contributed by atoms with Crippen molar-refractivity contribution in [2.45, 2.75) is 13.0 Å². The van der Waals surface area contributed by atoms with Crippen molar-refractivity contribution < 1.29 is 22.0 Å². The molecule has 0 radical (unpaired) electrons. The van der Waals surface area contributed by atoms with Crippen molar-refractivity contribution in [3.05, 3.63) is 57.7 Å². The average Bonchev–Trinajstić information content (AvgIpc) is 2.51. The molecule has 1 atom stereocenters. The molecule has 0 heterocycles. The summed E-state index contributed by atoms with van der Waals surface area (Å²) in [6, 6.07) is 8.41. The molecule has 2 rings (SSSR count).